The third-order valence-corrected chi connectivity index (χ3v) is 3.21. The lowest BCUT2D eigenvalue weighted by Gasteiger charge is -2.26. The Morgan fingerprint density at radius 1 is 1.29 bits per heavy atom. The molecule has 0 atom stereocenters. The Labute approximate surface area is 123 Å². The molecule has 1 aliphatic heterocycles. The van der Waals surface area contributed by atoms with Crippen LogP contribution in [0.2, 0.25) is 0 Å². The molecule has 0 unspecified atom stereocenters. The number of benzene rings is 1. The molecule has 0 aliphatic carbocycles. The summed E-state index contributed by atoms with van der Waals surface area (Å²) in [5.41, 5.74) is 2.26. The monoisotopic (exact) mass is 289 g/mol. The molecule has 1 aromatic rings. The molecule has 21 heavy (non-hydrogen) atoms. The minimum atomic E-state index is -0.449. The highest BCUT2D eigenvalue weighted by Crippen LogP contribution is 2.20. The minimum Gasteiger partial charge on any atom is -0.384 e. The van der Waals surface area contributed by atoms with Crippen molar-refractivity contribution < 1.29 is 14.4 Å². The van der Waals surface area contributed by atoms with Gasteiger partial charge in [0.05, 0.1) is 5.56 Å². The Kier molecular flexibility index (Phi) is 4.57. The van der Waals surface area contributed by atoms with E-state index in [4.69, 9.17) is 0 Å². The lowest BCUT2D eigenvalue weighted by molar-refractivity contribution is -0.135. The molecule has 1 saturated heterocycles. The van der Waals surface area contributed by atoms with Gasteiger partial charge in [-0.15, -0.1) is 0 Å². The molecule has 0 aromatic heterocycles. The Hall–Kier alpha value is -2.37. The SMILES string of the molecule is CCCNc1cc(C)ccc1C(=O)N1CC(=O)NC(=O)C1. The van der Waals surface area contributed by atoms with Crippen LogP contribution in [-0.2, 0) is 9.59 Å². The van der Waals surface area contributed by atoms with E-state index in [2.05, 4.69) is 10.6 Å². The molecule has 6 heteroatoms. The number of piperazine rings is 1. The molecule has 1 fully saturated rings. The normalized spacial score (nSPS) is 14.9. The molecule has 0 bridgehead atoms. The summed E-state index contributed by atoms with van der Waals surface area (Å²) in [5, 5.41) is 5.40. The van der Waals surface area contributed by atoms with E-state index in [1.54, 1.807) is 6.07 Å². The van der Waals surface area contributed by atoms with Crippen molar-refractivity contribution in [2.24, 2.45) is 0 Å². The molecule has 0 radical (unpaired) electrons. The first-order chi connectivity index (χ1) is 10.0. The van der Waals surface area contributed by atoms with E-state index in [1.807, 2.05) is 26.0 Å². The van der Waals surface area contributed by atoms with Gasteiger partial charge in [0.1, 0.15) is 13.1 Å². The molecule has 6 nitrogen and oxygen atoms in total. The largest absolute Gasteiger partial charge is 0.384 e. The summed E-state index contributed by atoms with van der Waals surface area (Å²) in [7, 11) is 0. The molecule has 1 heterocycles. The second-order valence-electron chi connectivity index (χ2n) is 5.11. The number of anilines is 1. The standard InChI is InChI=1S/C15H19N3O3/c1-3-6-16-12-7-10(2)4-5-11(12)15(21)18-8-13(19)17-14(20)9-18/h4-5,7,16H,3,6,8-9H2,1-2H3,(H,17,19,20). The van der Waals surface area contributed by atoms with Gasteiger partial charge in [0, 0.05) is 12.2 Å². The number of hydrogen-bond acceptors (Lipinski definition) is 4. The lowest BCUT2D eigenvalue weighted by atomic mass is 10.1. The topological polar surface area (TPSA) is 78.5 Å². The number of nitrogens with one attached hydrogen (secondary N) is 2. The Bertz CT molecular complexity index is 568. The van der Waals surface area contributed by atoms with E-state index in [9.17, 15) is 14.4 Å². The van der Waals surface area contributed by atoms with Crippen LogP contribution in [0.1, 0.15) is 29.3 Å². The third kappa shape index (κ3) is 3.59. The number of carbonyl (C=O) groups excluding carboxylic acids is 3. The first-order valence-electron chi connectivity index (χ1n) is 6.97. The highest BCUT2D eigenvalue weighted by atomic mass is 16.2. The van der Waals surface area contributed by atoms with Gasteiger partial charge in [-0.2, -0.15) is 0 Å². The van der Waals surface area contributed by atoms with Crippen molar-refractivity contribution in [2.45, 2.75) is 20.3 Å². The van der Waals surface area contributed by atoms with Crippen LogP contribution in [0, 0.1) is 6.92 Å². The number of carbonyl (C=O) groups is 3. The van der Waals surface area contributed by atoms with Crippen LogP contribution in [0.3, 0.4) is 0 Å². The van der Waals surface area contributed by atoms with Crippen molar-refractivity contribution in [1.82, 2.24) is 10.2 Å². The van der Waals surface area contributed by atoms with Crippen LogP contribution in [-0.4, -0.2) is 42.3 Å². The smallest absolute Gasteiger partial charge is 0.256 e. The van der Waals surface area contributed by atoms with Gasteiger partial charge in [-0.25, -0.2) is 0 Å². The molecule has 0 saturated carbocycles. The molecule has 2 rings (SSSR count). The second-order valence-corrected chi connectivity index (χ2v) is 5.11. The third-order valence-electron chi connectivity index (χ3n) is 3.21. The molecule has 3 amide bonds. The van der Waals surface area contributed by atoms with Crippen molar-refractivity contribution in [1.29, 1.82) is 0 Å². The van der Waals surface area contributed by atoms with Gasteiger partial charge in [0.25, 0.3) is 5.91 Å². The molecule has 2 N–H and O–H groups in total. The van der Waals surface area contributed by atoms with Crippen LogP contribution in [0.25, 0.3) is 0 Å². The number of aryl methyl sites for hydroxylation is 1. The molecule has 112 valence electrons. The highest BCUT2D eigenvalue weighted by Gasteiger charge is 2.28. The van der Waals surface area contributed by atoms with Gasteiger partial charge in [-0.3, -0.25) is 19.7 Å². The quantitative estimate of drug-likeness (QED) is 0.808. The van der Waals surface area contributed by atoms with Crippen molar-refractivity contribution in [3.8, 4) is 0 Å². The Morgan fingerprint density at radius 3 is 2.57 bits per heavy atom. The fourth-order valence-electron chi connectivity index (χ4n) is 2.20. The summed E-state index contributed by atoms with van der Waals surface area (Å²) in [5.74, 6) is -1.21. The molecule has 0 spiro atoms. The van der Waals surface area contributed by atoms with Crippen molar-refractivity contribution in [3.05, 3.63) is 29.3 Å². The highest BCUT2D eigenvalue weighted by molar-refractivity contribution is 6.07. The maximum atomic E-state index is 12.5. The van der Waals surface area contributed by atoms with E-state index >= 15 is 0 Å². The zero-order valence-corrected chi connectivity index (χ0v) is 12.2. The number of nitrogens with zero attached hydrogens (tertiary/aromatic N) is 1. The van der Waals surface area contributed by atoms with Gasteiger partial charge in [0.15, 0.2) is 0 Å². The number of rotatable bonds is 4. The van der Waals surface area contributed by atoms with E-state index in [-0.39, 0.29) is 19.0 Å². The van der Waals surface area contributed by atoms with E-state index in [0.29, 0.717) is 5.56 Å². The fraction of sp³-hybridized carbons (Fsp3) is 0.400. The number of imide groups is 1. The second kappa shape index (κ2) is 6.39. The van der Waals surface area contributed by atoms with Gasteiger partial charge < -0.3 is 10.2 Å². The molecular weight excluding hydrogens is 270 g/mol. The first kappa shape index (κ1) is 15.0. The number of amides is 3. The molecule has 1 aromatic carbocycles. The summed E-state index contributed by atoms with van der Waals surface area (Å²) >= 11 is 0. The van der Waals surface area contributed by atoms with E-state index < -0.39 is 11.8 Å². The fourth-order valence-corrected chi connectivity index (χ4v) is 2.20. The van der Waals surface area contributed by atoms with Gasteiger partial charge in [0.2, 0.25) is 11.8 Å². The van der Waals surface area contributed by atoms with Gasteiger partial charge >= 0.3 is 0 Å². The maximum absolute atomic E-state index is 12.5. The Morgan fingerprint density at radius 2 is 1.95 bits per heavy atom. The summed E-state index contributed by atoms with van der Waals surface area (Å²) in [6.07, 6.45) is 0.937. The lowest BCUT2D eigenvalue weighted by Crippen LogP contribution is -2.53. The van der Waals surface area contributed by atoms with Crippen molar-refractivity contribution >= 4 is 23.4 Å². The predicted molar refractivity (Wildman–Crippen MR) is 79.0 cm³/mol. The average molecular weight is 289 g/mol. The zero-order valence-electron chi connectivity index (χ0n) is 12.2. The Balaban J connectivity index is 2.25. The number of hydrogen-bond donors (Lipinski definition) is 2. The van der Waals surface area contributed by atoms with Crippen LogP contribution in [0.5, 0.6) is 0 Å². The van der Waals surface area contributed by atoms with E-state index in [1.165, 1.54) is 4.90 Å². The van der Waals surface area contributed by atoms with Crippen LogP contribution in [0.4, 0.5) is 5.69 Å². The summed E-state index contributed by atoms with van der Waals surface area (Å²) in [6, 6.07) is 5.47. The van der Waals surface area contributed by atoms with Crippen molar-refractivity contribution in [2.75, 3.05) is 25.0 Å². The van der Waals surface area contributed by atoms with Gasteiger partial charge in [-0.05, 0) is 31.0 Å². The van der Waals surface area contributed by atoms with Gasteiger partial charge in [-0.1, -0.05) is 13.0 Å². The maximum Gasteiger partial charge on any atom is 0.256 e. The zero-order chi connectivity index (χ0) is 15.4. The summed E-state index contributed by atoms with van der Waals surface area (Å²) in [4.78, 5) is 36.6. The summed E-state index contributed by atoms with van der Waals surface area (Å²) in [6.45, 7) is 4.56. The van der Waals surface area contributed by atoms with Crippen LogP contribution >= 0.6 is 0 Å². The molecule has 1 aliphatic rings. The average Bonchev–Trinajstić information content (AvgIpc) is 2.43. The van der Waals surface area contributed by atoms with E-state index in [0.717, 1.165) is 24.2 Å². The predicted octanol–water partition coefficient (Wildman–Crippen LogP) is 0.916. The van der Waals surface area contributed by atoms with Crippen LogP contribution < -0.4 is 10.6 Å². The first-order valence-corrected chi connectivity index (χ1v) is 6.97. The van der Waals surface area contributed by atoms with Crippen molar-refractivity contribution in [3.63, 3.8) is 0 Å². The van der Waals surface area contributed by atoms with Crippen LogP contribution in [0.15, 0.2) is 18.2 Å². The molecular formula is C15H19N3O3. The minimum absolute atomic E-state index is 0.0916. The summed E-state index contributed by atoms with van der Waals surface area (Å²) < 4.78 is 0.